The van der Waals surface area contributed by atoms with Crippen molar-refractivity contribution in [2.45, 2.75) is 45.3 Å². The van der Waals surface area contributed by atoms with Gasteiger partial charge in [-0.05, 0) is 48.6 Å². The fraction of sp³-hybridized carbons (Fsp3) is 0.292. The van der Waals surface area contributed by atoms with Crippen molar-refractivity contribution < 1.29 is 9.59 Å². The van der Waals surface area contributed by atoms with Crippen LogP contribution in [0, 0.1) is 18.3 Å². The zero-order valence-electron chi connectivity index (χ0n) is 17.6. The van der Waals surface area contributed by atoms with E-state index in [4.69, 9.17) is 0 Å². The first-order chi connectivity index (χ1) is 14.4. The van der Waals surface area contributed by atoms with Crippen molar-refractivity contribution in [2.75, 3.05) is 10.2 Å². The first kappa shape index (κ1) is 21.7. The molecule has 0 bridgehead atoms. The molecule has 0 spiro atoms. The number of anilines is 2. The molecule has 0 radical (unpaired) electrons. The summed E-state index contributed by atoms with van der Waals surface area (Å²) in [6, 6.07) is 17.1. The Kier molecular flexibility index (Phi) is 6.63. The van der Waals surface area contributed by atoms with Gasteiger partial charge in [0.25, 0.3) is 5.91 Å². The molecule has 1 fully saturated rings. The van der Waals surface area contributed by atoms with Crippen molar-refractivity contribution in [3.63, 3.8) is 0 Å². The van der Waals surface area contributed by atoms with E-state index in [1.807, 2.05) is 62.4 Å². The van der Waals surface area contributed by atoms with Crippen LogP contribution in [-0.2, 0) is 9.59 Å². The number of amides is 2. The molecule has 5 nitrogen and oxygen atoms in total. The van der Waals surface area contributed by atoms with Crippen LogP contribution in [0.4, 0.5) is 11.4 Å². The quantitative estimate of drug-likeness (QED) is 0.524. The predicted octanol–water partition coefficient (Wildman–Crippen LogP) is 5.35. The van der Waals surface area contributed by atoms with E-state index in [2.05, 4.69) is 19.2 Å². The lowest BCUT2D eigenvalue weighted by Gasteiger charge is -2.19. The number of nitrogens with zero attached hydrogens (tertiary/aromatic N) is 2. The maximum Gasteiger partial charge on any atom is 0.269 e. The second kappa shape index (κ2) is 9.19. The van der Waals surface area contributed by atoms with Gasteiger partial charge in [0, 0.05) is 11.4 Å². The highest BCUT2D eigenvalue weighted by molar-refractivity contribution is 8.05. The zero-order chi connectivity index (χ0) is 21.8. The van der Waals surface area contributed by atoms with Crippen molar-refractivity contribution in [1.82, 2.24) is 0 Å². The van der Waals surface area contributed by atoms with Gasteiger partial charge in [0.1, 0.15) is 16.7 Å². The van der Waals surface area contributed by atoms with Crippen molar-refractivity contribution in [2.24, 2.45) is 0 Å². The van der Waals surface area contributed by atoms with Crippen LogP contribution >= 0.6 is 11.8 Å². The van der Waals surface area contributed by atoms with Gasteiger partial charge in [-0.1, -0.05) is 62.9 Å². The Balaban J connectivity index is 2.02. The predicted molar refractivity (Wildman–Crippen MR) is 122 cm³/mol. The molecule has 2 aromatic carbocycles. The van der Waals surface area contributed by atoms with Crippen molar-refractivity contribution >= 4 is 35.0 Å². The Bertz CT molecular complexity index is 1040. The van der Waals surface area contributed by atoms with Crippen molar-refractivity contribution in [1.29, 1.82) is 5.26 Å². The summed E-state index contributed by atoms with van der Waals surface area (Å²) in [6.07, 6.45) is 0.617. The number of carbonyl (C=O) groups excluding carboxylic acids is 2. The Morgan fingerprint density at radius 3 is 2.43 bits per heavy atom. The Hall–Kier alpha value is -3.04. The summed E-state index contributed by atoms with van der Waals surface area (Å²) in [4.78, 5) is 27.5. The average Bonchev–Trinajstić information content (AvgIpc) is 3.06. The van der Waals surface area contributed by atoms with Crippen LogP contribution < -0.4 is 10.2 Å². The molecular formula is C24H25N3O2S. The van der Waals surface area contributed by atoms with Gasteiger partial charge in [0.05, 0.1) is 5.25 Å². The van der Waals surface area contributed by atoms with E-state index in [1.165, 1.54) is 16.7 Å². The minimum absolute atomic E-state index is 0.0551. The second-order valence-corrected chi connectivity index (χ2v) is 8.69. The molecule has 154 valence electrons. The first-order valence-corrected chi connectivity index (χ1v) is 10.9. The van der Waals surface area contributed by atoms with Gasteiger partial charge < -0.3 is 5.32 Å². The molecule has 1 aliphatic heterocycles. The maximum absolute atomic E-state index is 13.1. The average molecular weight is 420 g/mol. The Morgan fingerprint density at radius 1 is 1.20 bits per heavy atom. The highest BCUT2D eigenvalue weighted by Gasteiger charge is 2.39. The third kappa shape index (κ3) is 4.27. The van der Waals surface area contributed by atoms with Crippen LogP contribution in [0.2, 0.25) is 0 Å². The monoisotopic (exact) mass is 419 g/mol. The van der Waals surface area contributed by atoms with Gasteiger partial charge in [0.2, 0.25) is 5.91 Å². The van der Waals surface area contributed by atoms with Crippen LogP contribution in [0.15, 0.2) is 59.1 Å². The number of hydrogen-bond donors (Lipinski definition) is 1. The first-order valence-electron chi connectivity index (χ1n) is 9.99. The molecule has 30 heavy (non-hydrogen) atoms. The van der Waals surface area contributed by atoms with Gasteiger partial charge in [-0.15, -0.1) is 0 Å². The smallest absolute Gasteiger partial charge is 0.269 e. The van der Waals surface area contributed by atoms with Crippen LogP contribution in [-0.4, -0.2) is 17.1 Å². The third-order valence-corrected chi connectivity index (χ3v) is 6.52. The van der Waals surface area contributed by atoms with Crippen LogP contribution in [0.25, 0.3) is 0 Å². The van der Waals surface area contributed by atoms with E-state index in [-0.39, 0.29) is 16.7 Å². The summed E-state index contributed by atoms with van der Waals surface area (Å²) in [5.41, 5.74) is 3.31. The summed E-state index contributed by atoms with van der Waals surface area (Å²) >= 11 is 1.28. The molecule has 6 heteroatoms. The molecule has 3 rings (SSSR count). The van der Waals surface area contributed by atoms with E-state index in [9.17, 15) is 14.9 Å². The molecule has 2 aromatic rings. The molecule has 1 saturated heterocycles. The maximum atomic E-state index is 13.1. The van der Waals surface area contributed by atoms with Crippen molar-refractivity contribution in [3.8, 4) is 6.07 Å². The molecule has 1 N–H and O–H groups in total. The van der Waals surface area contributed by atoms with Gasteiger partial charge in [-0.3, -0.25) is 14.5 Å². The number of nitriles is 1. The summed E-state index contributed by atoms with van der Waals surface area (Å²) in [5, 5.41) is 12.7. The van der Waals surface area contributed by atoms with Gasteiger partial charge >= 0.3 is 0 Å². The minimum Gasteiger partial charge on any atom is -0.321 e. The molecule has 0 aromatic heterocycles. The van der Waals surface area contributed by atoms with E-state index in [0.717, 1.165) is 11.1 Å². The van der Waals surface area contributed by atoms with Gasteiger partial charge in [-0.25, -0.2) is 0 Å². The normalized spacial score (nSPS) is 17.8. The lowest BCUT2D eigenvalue weighted by atomic mass is 10.0. The molecule has 1 aliphatic rings. The summed E-state index contributed by atoms with van der Waals surface area (Å²) in [5.74, 6) is -0.246. The largest absolute Gasteiger partial charge is 0.321 e. The molecule has 0 aliphatic carbocycles. The number of aryl methyl sites for hydroxylation is 1. The van der Waals surface area contributed by atoms with Gasteiger partial charge in [0.15, 0.2) is 0 Å². The van der Waals surface area contributed by atoms with Gasteiger partial charge in [-0.2, -0.15) is 5.26 Å². The van der Waals surface area contributed by atoms with Crippen molar-refractivity contribution in [3.05, 3.63) is 70.3 Å². The van der Waals surface area contributed by atoms with Crippen LogP contribution in [0.1, 0.15) is 44.2 Å². The standard InChI is InChI=1S/C24H25N3O2S/c1-5-21-23(29)27(18-12-10-17(11-13-18)15(2)3)24(30-21)19(14-25)22(28)26-20-9-7-6-8-16(20)4/h6-13,15,21H,5H2,1-4H3,(H,26,28)/b24-19-. The number of carbonyl (C=O) groups is 2. The fourth-order valence-electron chi connectivity index (χ4n) is 3.26. The zero-order valence-corrected chi connectivity index (χ0v) is 18.4. The number of para-hydroxylation sites is 1. The van der Waals surface area contributed by atoms with E-state index >= 15 is 0 Å². The highest BCUT2D eigenvalue weighted by Crippen LogP contribution is 2.42. The number of hydrogen-bond acceptors (Lipinski definition) is 4. The van der Waals surface area contributed by atoms with E-state index in [1.54, 1.807) is 6.07 Å². The summed E-state index contributed by atoms with van der Waals surface area (Å²) < 4.78 is 0. The number of benzene rings is 2. The van der Waals surface area contributed by atoms with E-state index in [0.29, 0.717) is 28.7 Å². The summed E-state index contributed by atoms with van der Waals surface area (Å²) in [7, 11) is 0. The van der Waals surface area contributed by atoms with Crippen LogP contribution in [0.5, 0.6) is 0 Å². The highest BCUT2D eigenvalue weighted by atomic mass is 32.2. The molecule has 1 unspecified atom stereocenters. The molecule has 1 atom stereocenters. The van der Waals surface area contributed by atoms with E-state index < -0.39 is 5.91 Å². The van der Waals surface area contributed by atoms with Crippen LogP contribution in [0.3, 0.4) is 0 Å². The summed E-state index contributed by atoms with van der Waals surface area (Å²) in [6.45, 7) is 8.03. The number of thioether (sulfide) groups is 1. The molecular weight excluding hydrogens is 394 g/mol. The number of nitrogens with one attached hydrogen (secondary N) is 1. The SMILES string of the molecule is CCC1S/C(=C(/C#N)C(=O)Nc2ccccc2C)N(c2ccc(C(C)C)cc2)C1=O. The Labute approximate surface area is 181 Å². The topological polar surface area (TPSA) is 73.2 Å². The molecule has 0 saturated carbocycles. The molecule has 2 amide bonds. The molecule has 1 heterocycles. The number of rotatable bonds is 5. The second-order valence-electron chi connectivity index (χ2n) is 7.50. The lowest BCUT2D eigenvalue weighted by molar-refractivity contribution is -0.117. The minimum atomic E-state index is -0.511. The third-order valence-electron chi connectivity index (χ3n) is 5.09. The fourth-order valence-corrected chi connectivity index (χ4v) is 4.46. The Morgan fingerprint density at radius 2 is 1.87 bits per heavy atom. The lowest BCUT2D eigenvalue weighted by Crippen LogP contribution is -2.29.